The highest BCUT2D eigenvalue weighted by atomic mass is 16.6. The zero-order chi connectivity index (χ0) is 35.2. The summed E-state index contributed by atoms with van der Waals surface area (Å²) in [6, 6.07) is 0. The Balaban J connectivity index is 4.33. The lowest BCUT2D eigenvalue weighted by atomic mass is 10.1. The molecule has 0 bridgehead atoms. The van der Waals surface area contributed by atoms with Crippen LogP contribution in [0.1, 0.15) is 233 Å². The molecule has 0 saturated heterocycles. The molecule has 0 heterocycles. The van der Waals surface area contributed by atoms with Crippen molar-refractivity contribution in [2.75, 3.05) is 13.2 Å². The Bertz CT molecular complexity index is 668. The van der Waals surface area contributed by atoms with E-state index in [0.29, 0.717) is 19.3 Å². The number of hydrogen-bond donors (Lipinski definition) is 0. The average molecular weight is 681 g/mol. The third-order valence-corrected chi connectivity index (χ3v) is 9.36. The molecule has 0 fully saturated rings. The molecule has 0 aromatic rings. The van der Waals surface area contributed by atoms with E-state index in [4.69, 9.17) is 14.2 Å². The van der Waals surface area contributed by atoms with Gasteiger partial charge in [0, 0.05) is 19.3 Å². The summed E-state index contributed by atoms with van der Waals surface area (Å²) >= 11 is 0. The first-order chi connectivity index (χ1) is 23.5. The largest absolute Gasteiger partial charge is 0.462 e. The van der Waals surface area contributed by atoms with E-state index in [1.54, 1.807) is 0 Å². The Hall–Kier alpha value is -1.59. The van der Waals surface area contributed by atoms with Gasteiger partial charge in [-0.05, 0) is 19.3 Å². The first-order valence-electron chi connectivity index (χ1n) is 21.0. The van der Waals surface area contributed by atoms with Crippen molar-refractivity contribution in [1.29, 1.82) is 0 Å². The van der Waals surface area contributed by atoms with Crippen molar-refractivity contribution in [3.05, 3.63) is 0 Å². The van der Waals surface area contributed by atoms with Gasteiger partial charge in [-0.2, -0.15) is 0 Å². The minimum absolute atomic E-state index is 0.0636. The second-order valence-electron chi connectivity index (χ2n) is 14.3. The standard InChI is InChI=1S/C42H80O6/c1-4-7-10-13-16-19-22-25-28-31-34-40(43)46-37-39(48-42(45)36-33-30-27-24-21-18-15-12-9-6-3)38-47-41(44)35-32-29-26-23-20-17-14-11-8-5-2/h39H,4-38H2,1-3H3. The van der Waals surface area contributed by atoms with Gasteiger partial charge in [-0.25, -0.2) is 0 Å². The number of esters is 3. The molecule has 0 saturated carbocycles. The van der Waals surface area contributed by atoms with Crippen LogP contribution in [-0.4, -0.2) is 37.2 Å². The first-order valence-corrected chi connectivity index (χ1v) is 21.0. The molecule has 0 radical (unpaired) electrons. The van der Waals surface area contributed by atoms with Gasteiger partial charge in [0.1, 0.15) is 13.2 Å². The lowest BCUT2D eigenvalue weighted by molar-refractivity contribution is -0.167. The number of carbonyl (C=O) groups is 3. The van der Waals surface area contributed by atoms with E-state index in [0.717, 1.165) is 57.8 Å². The predicted molar refractivity (Wildman–Crippen MR) is 201 cm³/mol. The summed E-state index contributed by atoms with van der Waals surface area (Å²) in [5, 5.41) is 0. The molecule has 0 aliphatic rings. The Morgan fingerprint density at radius 1 is 0.333 bits per heavy atom. The fraction of sp³-hybridized carbons (Fsp3) is 0.929. The van der Waals surface area contributed by atoms with E-state index in [9.17, 15) is 14.4 Å². The Morgan fingerprint density at radius 3 is 0.833 bits per heavy atom. The van der Waals surface area contributed by atoms with Crippen LogP contribution in [-0.2, 0) is 28.6 Å². The summed E-state index contributed by atoms with van der Waals surface area (Å²) < 4.78 is 16.6. The summed E-state index contributed by atoms with van der Waals surface area (Å²) in [6.07, 6.45) is 36.5. The maximum absolute atomic E-state index is 12.6. The van der Waals surface area contributed by atoms with Crippen molar-refractivity contribution < 1.29 is 28.6 Å². The highest BCUT2D eigenvalue weighted by molar-refractivity contribution is 5.71. The molecule has 0 amide bonds. The zero-order valence-corrected chi connectivity index (χ0v) is 32.3. The molecule has 6 heteroatoms. The van der Waals surface area contributed by atoms with E-state index in [1.807, 2.05) is 0 Å². The first kappa shape index (κ1) is 46.4. The monoisotopic (exact) mass is 681 g/mol. The fourth-order valence-electron chi connectivity index (χ4n) is 6.15. The Kier molecular flexibility index (Phi) is 36.9. The van der Waals surface area contributed by atoms with E-state index in [1.165, 1.54) is 135 Å². The highest BCUT2D eigenvalue weighted by Gasteiger charge is 2.19. The number of ether oxygens (including phenoxy) is 3. The topological polar surface area (TPSA) is 78.9 Å². The molecule has 6 nitrogen and oxygen atoms in total. The van der Waals surface area contributed by atoms with Gasteiger partial charge in [0.2, 0.25) is 0 Å². The number of rotatable bonds is 38. The lowest BCUT2D eigenvalue weighted by Crippen LogP contribution is -2.30. The molecule has 284 valence electrons. The summed E-state index contributed by atoms with van der Waals surface area (Å²) in [6.45, 7) is 6.60. The second kappa shape index (κ2) is 38.2. The van der Waals surface area contributed by atoms with Gasteiger partial charge in [0.25, 0.3) is 0 Å². The molecule has 48 heavy (non-hydrogen) atoms. The number of carbonyl (C=O) groups excluding carboxylic acids is 3. The molecule has 0 aliphatic heterocycles. The summed E-state index contributed by atoms with van der Waals surface area (Å²) in [5.74, 6) is -0.861. The van der Waals surface area contributed by atoms with E-state index < -0.39 is 6.10 Å². The second-order valence-corrected chi connectivity index (χ2v) is 14.3. The van der Waals surface area contributed by atoms with Gasteiger partial charge in [-0.3, -0.25) is 14.4 Å². The zero-order valence-electron chi connectivity index (χ0n) is 32.3. The van der Waals surface area contributed by atoms with Crippen molar-refractivity contribution in [3.63, 3.8) is 0 Å². The SMILES string of the molecule is CCCCCCCCCCCCC(=O)OCC(COC(=O)CCCCCCCCCCCC)OC(=O)CCCCCCCCCCCC. The van der Waals surface area contributed by atoms with Gasteiger partial charge in [-0.15, -0.1) is 0 Å². The van der Waals surface area contributed by atoms with Crippen LogP contribution in [0.25, 0.3) is 0 Å². The fourth-order valence-corrected chi connectivity index (χ4v) is 6.15. The quantitative estimate of drug-likeness (QED) is 0.0367. The van der Waals surface area contributed by atoms with Crippen molar-refractivity contribution in [2.24, 2.45) is 0 Å². The van der Waals surface area contributed by atoms with Crippen LogP contribution >= 0.6 is 0 Å². The molecule has 0 spiro atoms. The Labute approximate surface area is 298 Å². The smallest absolute Gasteiger partial charge is 0.306 e. The molecule has 0 aromatic heterocycles. The minimum Gasteiger partial charge on any atom is -0.462 e. The van der Waals surface area contributed by atoms with Crippen LogP contribution < -0.4 is 0 Å². The van der Waals surface area contributed by atoms with Gasteiger partial charge < -0.3 is 14.2 Å². The Morgan fingerprint density at radius 2 is 0.562 bits per heavy atom. The van der Waals surface area contributed by atoms with Gasteiger partial charge >= 0.3 is 17.9 Å². The molecule has 0 rings (SSSR count). The maximum Gasteiger partial charge on any atom is 0.306 e. The van der Waals surface area contributed by atoms with Crippen LogP contribution in [0, 0.1) is 0 Å². The molecule has 0 atom stereocenters. The van der Waals surface area contributed by atoms with Crippen molar-refractivity contribution in [2.45, 2.75) is 239 Å². The lowest BCUT2D eigenvalue weighted by Gasteiger charge is -2.18. The molecule has 0 aromatic carbocycles. The number of hydrogen-bond acceptors (Lipinski definition) is 6. The van der Waals surface area contributed by atoms with Gasteiger partial charge in [0.15, 0.2) is 6.10 Å². The van der Waals surface area contributed by atoms with E-state index >= 15 is 0 Å². The van der Waals surface area contributed by atoms with Gasteiger partial charge in [0.05, 0.1) is 0 Å². The maximum atomic E-state index is 12.6. The summed E-state index contributed by atoms with van der Waals surface area (Å²) in [5.41, 5.74) is 0. The van der Waals surface area contributed by atoms with Crippen LogP contribution in [0.15, 0.2) is 0 Å². The van der Waals surface area contributed by atoms with Crippen LogP contribution in [0.2, 0.25) is 0 Å². The molecular formula is C42H80O6. The number of unbranched alkanes of at least 4 members (excludes halogenated alkanes) is 27. The van der Waals surface area contributed by atoms with Crippen LogP contribution in [0.3, 0.4) is 0 Å². The van der Waals surface area contributed by atoms with Crippen LogP contribution in [0.5, 0.6) is 0 Å². The van der Waals surface area contributed by atoms with E-state index in [2.05, 4.69) is 20.8 Å². The molecular weight excluding hydrogens is 600 g/mol. The third-order valence-electron chi connectivity index (χ3n) is 9.36. The third kappa shape index (κ3) is 35.7. The van der Waals surface area contributed by atoms with Crippen molar-refractivity contribution >= 4 is 17.9 Å². The molecule has 0 aliphatic carbocycles. The molecule has 0 unspecified atom stereocenters. The van der Waals surface area contributed by atoms with Crippen LogP contribution in [0.4, 0.5) is 0 Å². The molecule has 0 N–H and O–H groups in total. The average Bonchev–Trinajstić information content (AvgIpc) is 3.08. The summed E-state index contributed by atoms with van der Waals surface area (Å²) in [4.78, 5) is 37.5. The summed E-state index contributed by atoms with van der Waals surface area (Å²) in [7, 11) is 0. The van der Waals surface area contributed by atoms with Gasteiger partial charge in [-0.1, -0.05) is 194 Å². The van der Waals surface area contributed by atoms with Crippen molar-refractivity contribution in [3.8, 4) is 0 Å². The normalized spacial score (nSPS) is 11.2. The van der Waals surface area contributed by atoms with Crippen molar-refractivity contribution in [1.82, 2.24) is 0 Å². The predicted octanol–water partition coefficient (Wildman–Crippen LogP) is 12.9. The minimum atomic E-state index is -0.756. The highest BCUT2D eigenvalue weighted by Crippen LogP contribution is 2.15. The van der Waals surface area contributed by atoms with E-state index in [-0.39, 0.29) is 31.1 Å².